The van der Waals surface area contributed by atoms with Crippen LogP contribution in [-0.4, -0.2) is 37.2 Å². The van der Waals surface area contributed by atoms with Gasteiger partial charge in [0, 0.05) is 19.3 Å². The highest BCUT2D eigenvalue weighted by Crippen LogP contribution is 2.17. The third kappa shape index (κ3) is 59.6. The minimum atomic E-state index is -0.799. The van der Waals surface area contributed by atoms with Gasteiger partial charge in [-0.1, -0.05) is 280 Å². The largest absolute Gasteiger partial charge is 0.462 e. The van der Waals surface area contributed by atoms with Crippen LogP contribution in [0.15, 0.2) is 72.9 Å². The van der Waals surface area contributed by atoms with Crippen LogP contribution in [0.4, 0.5) is 0 Å². The van der Waals surface area contributed by atoms with Crippen molar-refractivity contribution in [1.82, 2.24) is 0 Å². The van der Waals surface area contributed by atoms with Crippen LogP contribution in [0.3, 0.4) is 0 Å². The zero-order chi connectivity index (χ0) is 52.9. The zero-order valence-corrected chi connectivity index (χ0v) is 48.4. The molecule has 0 aliphatic rings. The highest BCUT2D eigenvalue weighted by Gasteiger charge is 2.19. The average Bonchev–Trinajstić information content (AvgIpc) is 3.39. The minimum absolute atomic E-state index is 0.0912. The first-order valence-corrected chi connectivity index (χ1v) is 31.4. The summed E-state index contributed by atoms with van der Waals surface area (Å²) >= 11 is 0. The van der Waals surface area contributed by atoms with Gasteiger partial charge in [0.2, 0.25) is 0 Å². The van der Waals surface area contributed by atoms with Crippen LogP contribution >= 0.6 is 0 Å². The van der Waals surface area contributed by atoms with Gasteiger partial charge in [-0.2, -0.15) is 0 Å². The maximum Gasteiger partial charge on any atom is 0.306 e. The Morgan fingerprint density at radius 3 is 0.849 bits per heavy atom. The Balaban J connectivity index is 4.43. The molecule has 0 aliphatic carbocycles. The van der Waals surface area contributed by atoms with Gasteiger partial charge in [-0.15, -0.1) is 0 Å². The fourth-order valence-corrected chi connectivity index (χ4v) is 8.94. The summed E-state index contributed by atoms with van der Waals surface area (Å²) in [7, 11) is 0. The van der Waals surface area contributed by atoms with Gasteiger partial charge in [0.1, 0.15) is 13.2 Å². The van der Waals surface area contributed by atoms with Gasteiger partial charge >= 0.3 is 17.9 Å². The van der Waals surface area contributed by atoms with E-state index in [1.165, 1.54) is 199 Å². The number of ether oxygens (including phenoxy) is 3. The van der Waals surface area contributed by atoms with Crippen molar-refractivity contribution in [3.05, 3.63) is 72.9 Å². The van der Waals surface area contributed by atoms with Crippen molar-refractivity contribution in [1.29, 1.82) is 0 Å². The molecule has 73 heavy (non-hydrogen) atoms. The summed E-state index contributed by atoms with van der Waals surface area (Å²) in [6, 6.07) is 0. The number of unbranched alkanes of at least 4 members (excludes halogenated alkanes) is 34. The summed E-state index contributed by atoms with van der Waals surface area (Å²) in [5, 5.41) is 0. The molecule has 0 spiro atoms. The molecule has 6 nitrogen and oxygen atoms in total. The predicted octanol–water partition coefficient (Wildman–Crippen LogP) is 21.3. The molecular formula is C67H118O6. The molecule has 0 aromatic heterocycles. The Kier molecular flexibility index (Phi) is 58.7. The Bertz CT molecular complexity index is 1360. The lowest BCUT2D eigenvalue weighted by Crippen LogP contribution is -2.30. The molecule has 0 heterocycles. The van der Waals surface area contributed by atoms with Crippen LogP contribution < -0.4 is 0 Å². The molecule has 0 amide bonds. The van der Waals surface area contributed by atoms with Crippen molar-refractivity contribution in [3.8, 4) is 0 Å². The van der Waals surface area contributed by atoms with E-state index in [9.17, 15) is 14.4 Å². The van der Waals surface area contributed by atoms with E-state index < -0.39 is 6.10 Å². The van der Waals surface area contributed by atoms with Crippen molar-refractivity contribution in [2.75, 3.05) is 13.2 Å². The molecule has 0 bridgehead atoms. The Hall–Kier alpha value is -3.15. The highest BCUT2D eigenvalue weighted by atomic mass is 16.6. The Labute approximate surface area is 453 Å². The number of hydrogen-bond donors (Lipinski definition) is 0. The molecule has 0 fully saturated rings. The topological polar surface area (TPSA) is 78.9 Å². The van der Waals surface area contributed by atoms with Crippen LogP contribution in [0.2, 0.25) is 0 Å². The van der Waals surface area contributed by atoms with Crippen molar-refractivity contribution in [3.63, 3.8) is 0 Å². The lowest BCUT2D eigenvalue weighted by molar-refractivity contribution is -0.167. The molecule has 0 N–H and O–H groups in total. The van der Waals surface area contributed by atoms with Crippen LogP contribution in [0.5, 0.6) is 0 Å². The van der Waals surface area contributed by atoms with Crippen molar-refractivity contribution < 1.29 is 28.6 Å². The van der Waals surface area contributed by atoms with E-state index in [0.29, 0.717) is 19.3 Å². The van der Waals surface area contributed by atoms with Crippen LogP contribution in [0, 0.1) is 0 Å². The molecule has 0 rings (SSSR count). The first-order chi connectivity index (χ1) is 36.0. The summed E-state index contributed by atoms with van der Waals surface area (Å²) in [6.07, 6.45) is 79.0. The average molecular weight is 1020 g/mol. The number of esters is 3. The monoisotopic (exact) mass is 1020 g/mol. The van der Waals surface area contributed by atoms with Crippen molar-refractivity contribution in [2.45, 2.75) is 322 Å². The zero-order valence-electron chi connectivity index (χ0n) is 48.4. The maximum atomic E-state index is 12.9. The maximum absolute atomic E-state index is 12.9. The van der Waals surface area contributed by atoms with Gasteiger partial charge in [0.25, 0.3) is 0 Å². The standard InChI is InChI=1S/C67H118O6/c1-4-7-10-13-16-19-22-25-28-31-33-36-39-42-45-48-51-54-57-60-66(69)72-63-64(62-71-65(68)59-56-53-50-47-44-41-38-35-30-27-24-21-18-15-12-9-6-3)73-67(70)61-58-55-52-49-46-43-40-37-34-32-29-26-23-20-17-14-11-8-5-2/h17-18,20-21,26-27,29-30,38,41,47,50,64H,4-16,19,22-25,28,31-37,39-40,42-46,48-49,51-63H2,1-3H3/b20-17-,21-18-,29-26-,30-27-,41-38-,50-47-/t64-/m1/s1. The summed E-state index contributed by atoms with van der Waals surface area (Å²) in [5.74, 6) is -0.939. The minimum Gasteiger partial charge on any atom is -0.462 e. The van der Waals surface area contributed by atoms with E-state index in [2.05, 4.69) is 93.7 Å². The van der Waals surface area contributed by atoms with Gasteiger partial charge in [-0.3, -0.25) is 14.4 Å². The molecule has 0 aromatic carbocycles. The molecule has 0 saturated carbocycles. The smallest absolute Gasteiger partial charge is 0.306 e. The molecule has 6 heteroatoms. The van der Waals surface area contributed by atoms with Crippen LogP contribution in [0.25, 0.3) is 0 Å². The number of hydrogen-bond acceptors (Lipinski definition) is 6. The quantitative estimate of drug-likeness (QED) is 0.0261. The molecule has 422 valence electrons. The summed E-state index contributed by atoms with van der Waals surface area (Å²) < 4.78 is 16.9. The molecular weight excluding hydrogens is 901 g/mol. The molecule has 0 aromatic rings. The highest BCUT2D eigenvalue weighted by molar-refractivity contribution is 5.71. The predicted molar refractivity (Wildman–Crippen MR) is 316 cm³/mol. The third-order valence-electron chi connectivity index (χ3n) is 13.7. The van der Waals surface area contributed by atoms with Gasteiger partial charge in [0.15, 0.2) is 6.10 Å². The lowest BCUT2D eigenvalue weighted by Gasteiger charge is -2.18. The van der Waals surface area contributed by atoms with E-state index in [1.807, 2.05) is 0 Å². The first kappa shape index (κ1) is 69.8. The fraction of sp³-hybridized carbons (Fsp3) is 0.776. The van der Waals surface area contributed by atoms with E-state index in [4.69, 9.17) is 14.2 Å². The molecule has 0 saturated heterocycles. The van der Waals surface area contributed by atoms with Crippen molar-refractivity contribution >= 4 is 17.9 Å². The molecule has 0 aliphatic heterocycles. The number of allylic oxidation sites excluding steroid dienone is 12. The van der Waals surface area contributed by atoms with Crippen LogP contribution in [-0.2, 0) is 28.6 Å². The normalized spacial score (nSPS) is 12.5. The summed E-state index contributed by atoms with van der Waals surface area (Å²) in [5.41, 5.74) is 0. The van der Waals surface area contributed by atoms with Gasteiger partial charge in [0.05, 0.1) is 0 Å². The molecule has 1 atom stereocenters. The lowest BCUT2D eigenvalue weighted by atomic mass is 10.0. The second-order valence-corrected chi connectivity index (χ2v) is 21.0. The van der Waals surface area contributed by atoms with E-state index in [0.717, 1.165) is 70.6 Å². The Morgan fingerprint density at radius 1 is 0.274 bits per heavy atom. The van der Waals surface area contributed by atoms with Gasteiger partial charge in [-0.25, -0.2) is 0 Å². The van der Waals surface area contributed by atoms with E-state index >= 15 is 0 Å². The summed E-state index contributed by atoms with van der Waals surface area (Å²) in [4.78, 5) is 38.3. The number of rotatable bonds is 57. The SMILES string of the molecule is CCCCC/C=C\C/C=C\C/C=C\C/C=C\CCCC(=O)OC[C@H](COC(=O)CCCCCCCCCCCCCCCCCCCCC)OC(=O)CCCCCCCCCCC/C=C\C/C=C\CCCCC. The van der Waals surface area contributed by atoms with E-state index in [-0.39, 0.29) is 37.5 Å². The van der Waals surface area contributed by atoms with Crippen molar-refractivity contribution in [2.24, 2.45) is 0 Å². The van der Waals surface area contributed by atoms with Gasteiger partial charge < -0.3 is 14.2 Å². The number of carbonyl (C=O) groups is 3. The molecule has 0 unspecified atom stereocenters. The fourth-order valence-electron chi connectivity index (χ4n) is 8.94. The van der Waals surface area contributed by atoms with Crippen LogP contribution in [0.1, 0.15) is 316 Å². The second kappa shape index (κ2) is 61.4. The third-order valence-corrected chi connectivity index (χ3v) is 13.7. The molecule has 0 radical (unpaired) electrons. The van der Waals surface area contributed by atoms with E-state index in [1.54, 1.807) is 0 Å². The first-order valence-electron chi connectivity index (χ1n) is 31.4. The second-order valence-electron chi connectivity index (χ2n) is 21.0. The summed E-state index contributed by atoms with van der Waals surface area (Å²) in [6.45, 7) is 6.58. The van der Waals surface area contributed by atoms with Gasteiger partial charge in [-0.05, 0) is 89.9 Å². The Morgan fingerprint density at radius 2 is 0.507 bits per heavy atom. The number of carbonyl (C=O) groups excluding carboxylic acids is 3.